The molecule has 0 aliphatic heterocycles. The number of ether oxygens (including phenoxy) is 2. The minimum atomic E-state index is 0. The number of methoxy groups -OCH3 is 1. The number of hydrogen-bond donors (Lipinski definition) is 3. The Balaban J connectivity index is 0.00000364. The standard InChI is InChI=1S/C20H27ClN2O3.2ClH/c1-25-19-13-18(21)12-17(14-23-9-5-8-22-10-11-24)20(19)26-15-16-6-3-2-4-7-16;;/h2-4,6-7,12-13,22-24H,5,8-11,14-15H2,1H3;2*1H. The van der Waals surface area contributed by atoms with E-state index in [0.29, 0.717) is 36.2 Å². The quantitative estimate of drug-likeness (QED) is 0.428. The third-order valence-corrected chi connectivity index (χ3v) is 4.07. The first-order chi connectivity index (χ1) is 12.7. The lowest BCUT2D eigenvalue weighted by atomic mass is 10.1. The Hall–Kier alpha value is -1.21. The van der Waals surface area contributed by atoms with Crippen LogP contribution in [-0.4, -0.2) is 38.5 Å². The van der Waals surface area contributed by atoms with Gasteiger partial charge in [-0.15, -0.1) is 24.8 Å². The van der Waals surface area contributed by atoms with Crippen molar-refractivity contribution in [3.05, 3.63) is 58.6 Å². The molecule has 8 heteroatoms. The fourth-order valence-corrected chi connectivity index (χ4v) is 2.80. The minimum absolute atomic E-state index is 0. The summed E-state index contributed by atoms with van der Waals surface area (Å²) in [5.74, 6) is 1.35. The molecule has 2 rings (SSSR count). The van der Waals surface area contributed by atoms with Gasteiger partial charge in [0.2, 0.25) is 0 Å². The van der Waals surface area contributed by atoms with Gasteiger partial charge in [-0.3, -0.25) is 0 Å². The summed E-state index contributed by atoms with van der Waals surface area (Å²) in [5.41, 5.74) is 2.06. The zero-order valence-corrected chi connectivity index (χ0v) is 18.3. The Morgan fingerprint density at radius 3 is 2.39 bits per heavy atom. The zero-order valence-electron chi connectivity index (χ0n) is 15.9. The summed E-state index contributed by atoms with van der Waals surface area (Å²) in [6, 6.07) is 13.7. The number of benzene rings is 2. The Labute approximate surface area is 184 Å². The molecule has 0 aliphatic rings. The highest BCUT2D eigenvalue weighted by Gasteiger charge is 2.13. The maximum absolute atomic E-state index is 8.74. The molecule has 5 nitrogen and oxygen atoms in total. The number of nitrogens with one attached hydrogen (secondary N) is 2. The molecule has 2 aromatic rings. The molecule has 0 bridgehead atoms. The number of aliphatic hydroxyl groups excluding tert-OH is 1. The zero-order chi connectivity index (χ0) is 18.6. The third kappa shape index (κ3) is 9.32. The molecule has 0 amide bonds. The average Bonchev–Trinajstić information content (AvgIpc) is 2.66. The maximum atomic E-state index is 8.74. The van der Waals surface area contributed by atoms with Crippen molar-refractivity contribution in [2.24, 2.45) is 0 Å². The molecule has 0 radical (unpaired) electrons. The van der Waals surface area contributed by atoms with Gasteiger partial charge in [-0.2, -0.15) is 0 Å². The molecule has 158 valence electrons. The van der Waals surface area contributed by atoms with Gasteiger partial charge in [0.25, 0.3) is 0 Å². The van der Waals surface area contributed by atoms with Crippen molar-refractivity contribution in [1.82, 2.24) is 10.6 Å². The van der Waals surface area contributed by atoms with Gasteiger partial charge in [-0.05, 0) is 31.1 Å². The molecule has 0 heterocycles. The molecule has 0 aliphatic carbocycles. The van der Waals surface area contributed by atoms with Crippen LogP contribution in [0.2, 0.25) is 5.02 Å². The highest BCUT2D eigenvalue weighted by molar-refractivity contribution is 6.30. The molecule has 0 spiro atoms. The molecular weight excluding hydrogens is 423 g/mol. The summed E-state index contributed by atoms with van der Waals surface area (Å²) >= 11 is 6.22. The van der Waals surface area contributed by atoms with Crippen LogP contribution in [0.5, 0.6) is 11.5 Å². The van der Waals surface area contributed by atoms with E-state index in [1.165, 1.54) is 0 Å². The fourth-order valence-electron chi connectivity index (χ4n) is 2.56. The summed E-state index contributed by atoms with van der Waals surface area (Å²) in [6.45, 7) is 3.62. The molecule has 2 aromatic carbocycles. The Kier molecular flexibility index (Phi) is 15.0. The first-order valence-corrected chi connectivity index (χ1v) is 9.18. The van der Waals surface area contributed by atoms with Crippen LogP contribution in [0.25, 0.3) is 0 Å². The average molecular weight is 452 g/mol. The van der Waals surface area contributed by atoms with Crippen molar-refractivity contribution in [1.29, 1.82) is 0 Å². The highest BCUT2D eigenvalue weighted by Crippen LogP contribution is 2.35. The predicted octanol–water partition coefficient (Wildman–Crippen LogP) is 3.83. The summed E-state index contributed by atoms with van der Waals surface area (Å²) in [7, 11) is 1.62. The number of hydrogen-bond acceptors (Lipinski definition) is 5. The molecule has 3 N–H and O–H groups in total. The molecule has 0 unspecified atom stereocenters. The first kappa shape index (κ1) is 26.8. The van der Waals surface area contributed by atoms with E-state index in [0.717, 1.165) is 30.6 Å². The van der Waals surface area contributed by atoms with Crippen LogP contribution in [0.3, 0.4) is 0 Å². The van der Waals surface area contributed by atoms with E-state index in [-0.39, 0.29) is 31.4 Å². The largest absolute Gasteiger partial charge is 0.493 e. The van der Waals surface area contributed by atoms with Crippen molar-refractivity contribution < 1.29 is 14.6 Å². The monoisotopic (exact) mass is 450 g/mol. The van der Waals surface area contributed by atoms with Crippen molar-refractivity contribution in [2.75, 3.05) is 33.4 Å². The van der Waals surface area contributed by atoms with Gasteiger partial charge in [-0.1, -0.05) is 41.9 Å². The van der Waals surface area contributed by atoms with Crippen LogP contribution in [0, 0.1) is 0 Å². The number of aliphatic hydroxyl groups is 1. The second-order valence-electron chi connectivity index (χ2n) is 5.87. The Morgan fingerprint density at radius 2 is 1.71 bits per heavy atom. The van der Waals surface area contributed by atoms with Gasteiger partial charge in [0.15, 0.2) is 11.5 Å². The molecule has 0 fully saturated rings. The van der Waals surface area contributed by atoms with Crippen molar-refractivity contribution in [2.45, 2.75) is 19.6 Å². The topological polar surface area (TPSA) is 62.8 Å². The lowest BCUT2D eigenvalue weighted by molar-refractivity contribution is 0.280. The summed E-state index contributed by atoms with van der Waals surface area (Å²) < 4.78 is 11.5. The molecule has 0 aromatic heterocycles. The minimum Gasteiger partial charge on any atom is -0.493 e. The van der Waals surface area contributed by atoms with E-state index in [9.17, 15) is 0 Å². The van der Waals surface area contributed by atoms with Crippen molar-refractivity contribution >= 4 is 36.4 Å². The van der Waals surface area contributed by atoms with Gasteiger partial charge in [0, 0.05) is 29.7 Å². The lowest BCUT2D eigenvalue weighted by Crippen LogP contribution is -2.24. The van der Waals surface area contributed by atoms with Gasteiger partial charge in [0.05, 0.1) is 13.7 Å². The van der Waals surface area contributed by atoms with Crippen LogP contribution in [-0.2, 0) is 13.2 Å². The Bertz CT molecular complexity index is 661. The van der Waals surface area contributed by atoms with E-state index in [4.69, 9.17) is 26.2 Å². The maximum Gasteiger partial charge on any atom is 0.166 e. The second-order valence-corrected chi connectivity index (χ2v) is 6.31. The molecule has 28 heavy (non-hydrogen) atoms. The predicted molar refractivity (Wildman–Crippen MR) is 120 cm³/mol. The molecule has 0 atom stereocenters. The number of rotatable bonds is 12. The van der Waals surface area contributed by atoms with Crippen LogP contribution in [0.4, 0.5) is 0 Å². The van der Waals surface area contributed by atoms with Crippen molar-refractivity contribution in [3.8, 4) is 11.5 Å². The number of halogens is 3. The van der Waals surface area contributed by atoms with E-state index in [1.807, 2.05) is 36.4 Å². The fraction of sp³-hybridized carbons (Fsp3) is 0.400. The van der Waals surface area contributed by atoms with Gasteiger partial charge >= 0.3 is 0 Å². The van der Waals surface area contributed by atoms with E-state index < -0.39 is 0 Å². The van der Waals surface area contributed by atoms with Gasteiger partial charge in [0.1, 0.15) is 6.61 Å². The summed E-state index contributed by atoms with van der Waals surface area (Å²) in [4.78, 5) is 0. The first-order valence-electron chi connectivity index (χ1n) is 8.80. The SMILES string of the molecule is COc1cc(Cl)cc(CNCCCNCCO)c1OCc1ccccc1.Cl.Cl. The molecule has 0 saturated carbocycles. The summed E-state index contributed by atoms with van der Waals surface area (Å²) in [5, 5.41) is 15.9. The summed E-state index contributed by atoms with van der Waals surface area (Å²) in [6.07, 6.45) is 0.970. The van der Waals surface area contributed by atoms with Crippen molar-refractivity contribution in [3.63, 3.8) is 0 Å². The second kappa shape index (κ2) is 15.7. The lowest BCUT2D eigenvalue weighted by Gasteiger charge is -2.16. The van der Waals surface area contributed by atoms with Gasteiger partial charge < -0.3 is 25.2 Å². The van der Waals surface area contributed by atoms with Crippen LogP contribution < -0.4 is 20.1 Å². The van der Waals surface area contributed by atoms with Gasteiger partial charge in [-0.25, -0.2) is 0 Å². The van der Waals surface area contributed by atoms with Crippen LogP contribution in [0.15, 0.2) is 42.5 Å². The highest BCUT2D eigenvalue weighted by atomic mass is 35.5. The Morgan fingerprint density at radius 1 is 1.00 bits per heavy atom. The van der Waals surface area contributed by atoms with E-state index >= 15 is 0 Å². The van der Waals surface area contributed by atoms with E-state index in [1.54, 1.807) is 13.2 Å². The third-order valence-electron chi connectivity index (χ3n) is 3.85. The van der Waals surface area contributed by atoms with Crippen LogP contribution in [0.1, 0.15) is 17.5 Å². The molecule has 0 saturated heterocycles. The van der Waals surface area contributed by atoms with E-state index in [2.05, 4.69) is 10.6 Å². The normalized spacial score (nSPS) is 9.96. The molecular formula is C20H29Cl3N2O3. The van der Waals surface area contributed by atoms with Crippen LogP contribution >= 0.6 is 36.4 Å². The smallest absolute Gasteiger partial charge is 0.166 e.